The minimum atomic E-state index is -0.0876. The lowest BCUT2D eigenvalue weighted by Crippen LogP contribution is -2.31. The molecular weight excluding hydrogens is 370 g/mol. The summed E-state index contributed by atoms with van der Waals surface area (Å²) < 4.78 is 9.22. The number of nitrogens with zero attached hydrogens (tertiary/aromatic N) is 5. The minimum absolute atomic E-state index is 0.0657. The van der Waals surface area contributed by atoms with Crippen molar-refractivity contribution in [1.29, 1.82) is 0 Å². The Kier molecular flexibility index (Phi) is 5.52. The molecule has 0 saturated heterocycles. The maximum absolute atomic E-state index is 12.9. The van der Waals surface area contributed by atoms with Crippen LogP contribution >= 0.6 is 0 Å². The number of hydrogen-bond acceptors (Lipinski definition) is 7. The molecule has 4 N–H and O–H groups in total. The van der Waals surface area contributed by atoms with Crippen LogP contribution in [-0.2, 0) is 17.9 Å². The molecule has 1 fully saturated rings. The molecule has 29 heavy (non-hydrogen) atoms. The monoisotopic (exact) mass is 395 g/mol. The first kappa shape index (κ1) is 19.4. The number of Topliss-reactive ketones (excluding diaryl/α,β-unsaturated/α-hetero) is 1. The van der Waals surface area contributed by atoms with E-state index in [4.69, 9.17) is 16.2 Å². The predicted molar refractivity (Wildman–Crippen MR) is 106 cm³/mol. The van der Waals surface area contributed by atoms with E-state index in [1.807, 2.05) is 37.3 Å². The Balaban J connectivity index is 1.44. The molecule has 1 saturated carbocycles. The van der Waals surface area contributed by atoms with Gasteiger partial charge >= 0.3 is 0 Å². The molecule has 0 spiro atoms. The largest absolute Gasteiger partial charge is 0.370 e. The molecule has 2 aromatic heterocycles. The van der Waals surface area contributed by atoms with Crippen molar-refractivity contribution in [3.8, 4) is 5.69 Å². The van der Waals surface area contributed by atoms with Gasteiger partial charge in [-0.05, 0) is 31.9 Å². The van der Waals surface area contributed by atoms with E-state index >= 15 is 0 Å². The third-order valence-corrected chi connectivity index (χ3v) is 5.34. The molecule has 4 rings (SSSR count). The quantitative estimate of drug-likeness (QED) is 0.571. The van der Waals surface area contributed by atoms with Gasteiger partial charge in [0.05, 0.1) is 47.7 Å². The number of hydrogen-bond donors (Lipinski definition) is 2. The van der Waals surface area contributed by atoms with E-state index < -0.39 is 0 Å². The van der Waals surface area contributed by atoms with Gasteiger partial charge in [0.1, 0.15) is 6.54 Å². The fourth-order valence-electron chi connectivity index (χ4n) is 3.71. The molecule has 1 aliphatic carbocycles. The highest BCUT2D eigenvalue weighted by Crippen LogP contribution is 2.21. The van der Waals surface area contributed by atoms with Crippen LogP contribution in [0, 0.1) is 6.92 Å². The van der Waals surface area contributed by atoms with Crippen molar-refractivity contribution < 1.29 is 9.53 Å². The Morgan fingerprint density at radius 3 is 2.72 bits per heavy atom. The van der Waals surface area contributed by atoms with Crippen molar-refractivity contribution in [3.05, 3.63) is 59.7 Å². The highest BCUT2D eigenvalue weighted by molar-refractivity contribution is 5.96. The number of carbonyl (C=O) groups excluding carboxylic acids is 1. The maximum atomic E-state index is 12.9. The number of benzene rings is 1. The Bertz CT molecular complexity index is 982. The van der Waals surface area contributed by atoms with Gasteiger partial charge in [-0.25, -0.2) is 9.36 Å². The van der Waals surface area contributed by atoms with Crippen LogP contribution in [0.5, 0.6) is 0 Å². The van der Waals surface area contributed by atoms with E-state index in [0.717, 1.165) is 29.9 Å². The molecule has 3 atom stereocenters. The molecule has 1 aliphatic rings. The summed E-state index contributed by atoms with van der Waals surface area (Å²) in [5.41, 5.74) is 15.0. The standard InChI is InChI=1S/C20H25N7O2/c1-13-17(10-24-27(13)15-5-3-2-4-6-15)19(28)11-26-16(9-23-25-26)12-29-20-8-14(21)7-18(20)22/h2-6,9-10,14,18,20H,7-8,11-12,21-22H2,1H3/t14-,18+,20+/m0/s1. The highest BCUT2D eigenvalue weighted by atomic mass is 16.5. The molecule has 152 valence electrons. The van der Waals surface area contributed by atoms with Gasteiger partial charge in [-0.3, -0.25) is 4.79 Å². The molecule has 0 bridgehead atoms. The molecule has 0 unspecified atom stereocenters. The summed E-state index contributed by atoms with van der Waals surface area (Å²) in [5, 5.41) is 12.3. The van der Waals surface area contributed by atoms with Crippen molar-refractivity contribution in [2.75, 3.05) is 0 Å². The van der Waals surface area contributed by atoms with Crippen LogP contribution in [0.2, 0.25) is 0 Å². The summed E-state index contributed by atoms with van der Waals surface area (Å²) in [4.78, 5) is 12.9. The second kappa shape index (κ2) is 8.24. The van der Waals surface area contributed by atoms with Gasteiger partial charge in [0.2, 0.25) is 0 Å². The zero-order valence-corrected chi connectivity index (χ0v) is 16.3. The first-order valence-corrected chi connectivity index (χ1v) is 9.66. The smallest absolute Gasteiger partial charge is 0.187 e. The molecule has 9 heteroatoms. The topological polar surface area (TPSA) is 127 Å². The van der Waals surface area contributed by atoms with Gasteiger partial charge in [0, 0.05) is 12.1 Å². The SMILES string of the molecule is Cc1c(C(=O)Cn2nncc2CO[C@@H]2C[C@@H](N)C[C@H]2N)cnn1-c1ccccc1. The van der Waals surface area contributed by atoms with Crippen LogP contribution in [-0.4, -0.2) is 48.7 Å². The van der Waals surface area contributed by atoms with E-state index in [9.17, 15) is 4.79 Å². The number of ether oxygens (including phenoxy) is 1. The van der Waals surface area contributed by atoms with E-state index in [1.54, 1.807) is 21.8 Å². The number of para-hydroxylation sites is 1. The van der Waals surface area contributed by atoms with Crippen LogP contribution in [0.1, 0.15) is 34.6 Å². The predicted octanol–water partition coefficient (Wildman–Crippen LogP) is 0.989. The lowest BCUT2D eigenvalue weighted by molar-refractivity contribution is 0.0312. The Morgan fingerprint density at radius 1 is 1.21 bits per heavy atom. The summed E-state index contributed by atoms with van der Waals surface area (Å²) in [5.74, 6) is -0.0870. The van der Waals surface area contributed by atoms with Crippen molar-refractivity contribution >= 4 is 5.78 Å². The van der Waals surface area contributed by atoms with Gasteiger partial charge in [-0.2, -0.15) is 5.10 Å². The van der Waals surface area contributed by atoms with E-state index in [2.05, 4.69) is 15.4 Å². The van der Waals surface area contributed by atoms with Crippen molar-refractivity contribution in [2.45, 2.75) is 51.1 Å². The van der Waals surface area contributed by atoms with Crippen LogP contribution in [0.4, 0.5) is 0 Å². The van der Waals surface area contributed by atoms with E-state index in [0.29, 0.717) is 5.56 Å². The lowest BCUT2D eigenvalue weighted by atomic mass is 10.1. The van der Waals surface area contributed by atoms with Crippen LogP contribution in [0.15, 0.2) is 42.7 Å². The molecule has 0 aliphatic heterocycles. The summed E-state index contributed by atoms with van der Waals surface area (Å²) in [6.07, 6.45) is 4.60. The molecule has 2 heterocycles. The second-order valence-corrected chi connectivity index (χ2v) is 7.44. The summed E-state index contributed by atoms with van der Waals surface area (Å²) in [6.45, 7) is 2.23. The van der Waals surface area contributed by atoms with Gasteiger partial charge in [-0.15, -0.1) is 5.10 Å². The van der Waals surface area contributed by atoms with Gasteiger partial charge < -0.3 is 16.2 Å². The fraction of sp³-hybridized carbons (Fsp3) is 0.400. The Hall–Kier alpha value is -2.88. The third kappa shape index (κ3) is 4.12. The molecule has 1 aromatic carbocycles. The summed E-state index contributed by atoms with van der Waals surface area (Å²) >= 11 is 0. The number of aromatic nitrogens is 5. The van der Waals surface area contributed by atoms with Gasteiger partial charge in [0.15, 0.2) is 5.78 Å². The zero-order valence-electron chi connectivity index (χ0n) is 16.3. The summed E-state index contributed by atoms with van der Waals surface area (Å²) in [6, 6.07) is 9.70. The number of ketones is 1. The molecule has 0 radical (unpaired) electrons. The van der Waals surface area contributed by atoms with Crippen LogP contribution in [0.25, 0.3) is 5.69 Å². The highest BCUT2D eigenvalue weighted by Gasteiger charge is 2.30. The molecule has 0 amide bonds. The number of rotatable bonds is 7. The number of carbonyl (C=O) groups is 1. The Labute approximate surface area is 168 Å². The zero-order chi connectivity index (χ0) is 20.4. The second-order valence-electron chi connectivity index (χ2n) is 7.44. The normalized spacial score (nSPS) is 21.6. The average molecular weight is 395 g/mol. The molecular formula is C20H25N7O2. The van der Waals surface area contributed by atoms with E-state index in [-0.39, 0.29) is 37.1 Å². The summed E-state index contributed by atoms with van der Waals surface area (Å²) in [7, 11) is 0. The number of nitrogens with two attached hydrogens (primary N) is 2. The lowest BCUT2D eigenvalue weighted by Gasteiger charge is -2.16. The van der Waals surface area contributed by atoms with Gasteiger partial charge in [-0.1, -0.05) is 23.4 Å². The average Bonchev–Trinajstić information content (AvgIpc) is 3.39. The van der Waals surface area contributed by atoms with Gasteiger partial charge in [0.25, 0.3) is 0 Å². The van der Waals surface area contributed by atoms with Crippen molar-refractivity contribution in [3.63, 3.8) is 0 Å². The van der Waals surface area contributed by atoms with Crippen molar-refractivity contribution in [1.82, 2.24) is 24.8 Å². The Morgan fingerprint density at radius 2 is 2.00 bits per heavy atom. The van der Waals surface area contributed by atoms with Crippen molar-refractivity contribution in [2.24, 2.45) is 11.5 Å². The first-order chi connectivity index (χ1) is 14.0. The minimum Gasteiger partial charge on any atom is -0.370 e. The maximum Gasteiger partial charge on any atom is 0.187 e. The van der Waals surface area contributed by atoms with Crippen LogP contribution < -0.4 is 11.5 Å². The molecule has 9 nitrogen and oxygen atoms in total. The van der Waals surface area contributed by atoms with Crippen LogP contribution in [0.3, 0.4) is 0 Å². The fourth-order valence-corrected chi connectivity index (χ4v) is 3.71. The van der Waals surface area contributed by atoms with E-state index in [1.165, 1.54) is 0 Å². The first-order valence-electron chi connectivity index (χ1n) is 9.66. The molecule has 3 aromatic rings. The third-order valence-electron chi connectivity index (χ3n) is 5.34.